The van der Waals surface area contributed by atoms with Crippen LogP contribution in [0.1, 0.15) is 13.8 Å². The average Bonchev–Trinajstić information content (AvgIpc) is 2.37. The maximum atomic E-state index is 12.0. The summed E-state index contributed by atoms with van der Waals surface area (Å²) in [6, 6.07) is 0.0890. The van der Waals surface area contributed by atoms with Crippen molar-refractivity contribution in [3.05, 3.63) is 0 Å². The molecule has 0 unspecified atom stereocenters. The fraction of sp³-hybridized carbons (Fsp3) is 0.846. The number of halogens is 3. The first-order valence-corrected chi connectivity index (χ1v) is 7.23. The summed E-state index contributed by atoms with van der Waals surface area (Å²) < 4.78 is 36.0. The number of hydrogen-bond donors (Lipinski definition) is 2. The molecule has 1 aliphatic heterocycles. The van der Waals surface area contributed by atoms with Crippen molar-refractivity contribution in [1.82, 2.24) is 20.4 Å². The molecule has 0 aliphatic carbocycles. The lowest BCUT2D eigenvalue weighted by Crippen LogP contribution is -2.52. The summed E-state index contributed by atoms with van der Waals surface area (Å²) >= 11 is 0. The van der Waals surface area contributed by atoms with Crippen molar-refractivity contribution in [1.29, 1.82) is 0 Å². The highest BCUT2D eigenvalue weighted by molar-refractivity contribution is 5.78. The number of nitrogens with one attached hydrogen (secondary N) is 2. The van der Waals surface area contributed by atoms with Gasteiger partial charge in [0.15, 0.2) is 0 Å². The fourth-order valence-corrected chi connectivity index (χ4v) is 2.13. The quantitative estimate of drug-likeness (QED) is 0.711. The molecule has 0 aromatic carbocycles. The standard InChI is InChI=1S/C13H23F3N4O2/c1-10(2)18-12(22)8-20-5-3-19(4-6-20)7-11(21)17-9-13(14,15)16/h10H,3-9H2,1-2H3,(H,17,21)(H,18,22). The largest absolute Gasteiger partial charge is 0.405 e. The Balaban J connectivity index is 2.22. The minimum Gasteiger partial charge on any atom is -0.353 e. The third-order valence-corrected chi connectivity index (χ3v) is 3.14. The minimum atomic E-state index is -4.39. The highest BCUT2D eigenvalue weighted by atomic mass is 19.4. The lowest BCUT2D eigenvalue weighted by Gasteiger charge is -2.33. The molecular weight excluding hydrogens is 301 g/mol. The van der Waals surface area contributed by atoms with Crippen molar-refractivity contribution in [2.45, 2.75) is 26.1 Å². The second kappa shape index (κ2) is 8.33. The third kappa shape index (κ3) is 8.18. The van der Waals surface area contributed by atoms with Gasteiger partial charge in [-0.2, -0.15) is 13.2 Å². The van der Waals surface area contributed by atoms with E-state index in [2.05, 4.69) is 5.32 Å². The minimum absolute atomic E-state index is 0.0497. The van der Waals surface area contributed by atoms with E-state index in [0.29, 0.717) is 32.7 Å². The van der Waals surface area contributed by atoms with Crippen LogP contribution < -0.4 is 10.6 Å². The van der Waals surface area contributed by atoms with Crippen LogP contribution in [0.2, 0.25) is 0 Å². The van der Waals surface area contributed by atoms with Crippen LogP contribution in [0.25, 0.3) is 0 Å². The second-order valence-electron chi connectivity index (χ2n) is 5.67. The van der Waals surface area contributed by atoms with Crippen molar-refractivity contribution in [3.63, 3.8) is 0 Å². The van der Waals surface area contributed by atoms with Crippen LogP contribution in [-0.2, 0) is 9.59 Å². The zero-order valence-electron chi connectivity index (χ0n) is 12.9. The van der Waals surface area contributed by atoms with Gasteiger partial charge in [0.25, 0.3) is 0 Å². The molecular formula is C13H23F3N4O2. The summed E-state index contributed by atoms with van der Waals surface area (Å²) in [7, 11) is 0. The van der Waals surface area contributed by atoms with Crippen molar-refractivity contribution >= 4 is 11.8 Å². The molecule has 0 radical (unpaired) electrons. The first kappa shape index (κ1) is 18.7. The van der Waals surface area contributed by atoms with Crippen LogP contribution >= 0.6 is 0 Å². The summed E-state index contributed by atoms with van der Waals surface area (Å²) in [6.45, 7) is 5.03. The van der Waals surface area contributed by atoms with Crippen LogP contribution in [0.3, 0.4) is 0 Å². The number of hydrogen-bond acceptors (Lipinski definition) is 4. The molecule has 1 heterocycles. The molecule has 0 spiro atoms. The molecule has 6 nitrogen and oxygen atoms in total. The smallest absolute Gasteiger partial charge is 0.353 e. The molecule has 1 fully saturated rings. The van der Waals surface area contributed by atoms with E-state index in [1.54, 1.807) is 4.90 Å². The molecule has 0 saturated carbocycles. The number of piperazine rings is 1. The van der Waals surface area contributed by atoms with E-state index < -0.39 is 18.6 Å². The number of carbonyl (C=O) groups is 2. The fourth-order valence-electron chi connectivity index (χ4n) is 2.13. The number of rotatable bonds is 6. The zero-order chi connectivity index (χ0) is 16.8. The van der Waals surface area contributed by atoms with Crippen molar-refractivity contribution in [2.75, 3.05) is 45.8 Å². The molecule has 0 aromatic rings. The van der Waals surface area contributed by atoms with E-state index >= 15 is 0 Å². The van der Waals surface area contributed by atoms with Gasteiger partial charge in [0, 0.05) is 32.2 Å². The monoisotopic (exact) mass is 324 g/mol. The molecule has 0 atom stereocenters. The summed E-state index contributed by atoms with van der Waals surface area (Å²) in [6.07, 6.45) is -4.39. The Labute approximate surface area is 128 Å². The maximum Gasteiger partial charge on any atom is 0.405 e. The Morgan fingerprint density at radius 2 is 1.45 bits per heavy atom. The van der Waals surface area contributed by atoms with Crippen molar-refractivity contribution in [2.24, 2.45) is 0 Å². The van der Waals surface area contributed by atoms with E-state index in [-0.39, 0.29) is 18.5 Å². The van der Waals surface area contributed by atoms with Crippen LogP contribution in [0.15, 0.2) is 0 Å². The molecule has 22 heavy (non-hydrogen) atoms. The van der Waals surface area contributed by atoms with Crippen LogP contribution in [0.5, 0.6) is 0 Å². The Morgan fingerprint density at radius 3 is 1.86 bits per heavy atom. The summed E-state index contributed by atoms with van der Waals surface area (Å²) in [5.41, 5.74) is 0. The third-order valence-electron chi connectivity index (χ3n) is 3.14. The van der Waals surface area contributed by atoms with Crippen LogP contribution in [0.4, 0.5) is 13.2 Å². The van der Waals surface area contributed by atoms with Gasteiger partial charge in [-0.05, 0) is 13.8 Å². The van der Waals surface area contributed by atoms with Crippen molar-refractivity contribution < 1.29 is 22.8 Å². The molecule has 1 rings (SSSR count). The number of carbonyl (C=O) groups excluding carboxylic acids is 2. The van der Waals surface area contributed by atoms with Gasteiger partial charge in [-0.25, -0.2) is 0 Å². The van der Waals surface area contributed by atoms with Gasteiger partial charge >= 0.3 is 6.18 Å². The second-order valence-corrected chi connectivity index (χ2v) is 5.67. The Kier molecular flexibility index (Phi) is 7.08. The molecule has 2 N–H and O–H groups in total. The SMILES string of the molecule is CC(C)NC(=O)CN1CCN(CC(=O)NCC(F)(F)F)CC1. The molecule has 0 aromatic heterocycles. The van der Waals surface area contributed by atoms with Gasteiger partial charge < -0.3 is 10.6 Å². The van der Waals surface area contributed by atoms with Gasteiger partial charge in [0.05, 0.1) is 13.1 Å². The topological polar surface area (TPSA) is 64.7 Å². The lowest BCUT2D eigenvalue weighted by atomic mass is 10.3. The first-order valence-electron chi connectivity index (χ1n) is 7.23. The van der Waals surface area contributed by atoms with Gasteiger partial charge in [-0.3, -0.25) is 19.4 Å². The van der Waals surface area contributed by atoms with E-state index in [1.165, 1.54) is 0 Å². The molecule has 9 heteroatoms. The van der Waals surface area contributed by atoms with Gasteiger partial charge in [0.2, 0.25) is 11.8 Å². The van der Waals surface area contributed by atoms with Gasteiger partial charge in [-0.15, -0.1) is 0 Å². The summed E-state index contributed by atoms with van der Waals surface area (Å²) in [5.74, 6) is -0.685. The van der Waals surface area contributed by atoms with Gasteiger partial charge in [-0.1, -0.05) is 0 Å². The molecule has 0 bridgehead atoms. The Morgan fingerprint density at radius 1 is 1.00 bits per heavy atom. The normalized spacial score (nSPS) is 17.5. The summed E-state index contributed by atoms with van der Waals surface area (Å²) in [5, 5.41) is 4.65. The first-order chi connectivity index (χ1) is 10.2. The Bertz CT molecular complexity index is 380. The van der Waals surface area contributed by atoms with E-state index in [9.17, 15) is 22.8 Å². The number of alkyl halides is 3. The van der Waals surface area contributed by atoms with Gasteiger partial charge in [0.1, 0.15) is 6.54 Å². The number of amides is 2. The number of nitrogens with zero attached hydrogens (tertiary/aromatic N) is 2. The molecule has 1 saturated heterocycles. The highest BCUT2D eigenvalue weighted by Crippen LogP contribution is 2.12. The zero-order valence-corrected chi connectivity index (χ0v) is 12.9. The highest BCUT2D eigenvalue weighted by Gasteiger charge is 2.28. The van der Waals surface area contributed by atoms with Crippen molar-refractivity contribution in [3.8, 4) is 0 Å². The van der Waals surface area contributed by atoms with Crippen LogP contribution in [0, 0.1) is 0 Å². The Hall–Kier alpha value is -1.35. The van der Waals surface area contributed by atoms with E-state index in [4.69, 9.17) is 0 Å². The van der Waals surface area contributed by atoms with Crippen LogP contribution in [-0.4, -0.2) is 79.6 Å². The maximum absolute atomic E-state index is 12.0. The predicted octanol–water partition coefficient (Wildman–Crippen LogP) is -0.193. The molecule has 128 valence electrons. The average molecular weight is 324 g/mol. The lowest BCUT2D eigenvalue weighted by molar-refractivity contribution is -0.139. The van der Waals surface area contributed by atoms with E-state index in [0.717, 1.165) is 0 Å². The molecule has 1 aliphatic rings. The van der Waals surface area contributed by atoms with E-state index in [1.807, 2.05) is 24.1 Å². The molecule has 2 amide bonds. The summed E-state index contributed by atoms with van der Waals surface area (Å²) in [4.78, 5) is 26.8. The predicted molar refractivity (Wildman–Crippen MR) is 75.2 cm³/mol.